The Kier molecular flexibility index (Phi) is 10.2. The van der Waals surface area contributed by atoms with Crippen LogP contribution in [0.3, 0.4) is 0 Å². The van der Waals surface area contributed by atoms with Gasteiger partial charge in [-0.2, -0.15) is 0 Å². The molecule has 2 aromatic rings. The Morgan fingerprint density at radius 3 is 2.55 bits per heavy atom. The third kappa shape index (κ3) is 8.18. The molecule has 0 aliphatic carbocycles. The topological polar surface area (TPSA) is 24.1 Å². The van der Waals surface area contributed by atoms with E-state index in [1.807, 2.05) is 19.3 Å². The summed E-state index contributed by atoms with van der Waals surface area (Å²) in [5.74, 6) is 6.21. The number of aryl methyl sites for hydroxylation is 1. The summed E-state index contributed by atoms with van der Waals surface area (Å²) >= 11 is 0. The molecule has 0 saturated heterocycles. The van der Waals surface area contributed by atoms with Gasteiger partial charge in [0.1, 0.15) is 5.82 Å². The minimum absolute atomic E-state index is 0.250. The van der Waals surface area contributed by atoms with Crippen molar-refractivity contribution in [3.05, 3.63) is 102 Å². The monoisotopic (exact) mass is 416 g/mol. The smallest absolute Gasteiger partial charge is 0.123 e. The van der Waals surface area contributed by atoms with Gasteiger partial charge in [-0.15, -0.1) is 0 Å². The van der Waals surface area contributed by atoms with Crippen molar-refractivity contribution in [1.29, 1.82) is 0 Å². The summed E-state index contributed by atoms with van der Waals surface area (Å²) in [6.45, 7) is 11.1. The van der Waals surface area contributed by atoms with Crippen LogP contribution in [0.2, 0.25) is 0 Å². The lowest BCUT2D eigenvalue weighted by molar-refractivity contribution is 0.627. The predicted molar refractivity (Wildman–Crippen MR) is 131 cm³/mol. The molecule has 2 N–H and O–H groups in total. The predicted octanol–water partition coefficient (Wildman–Crippen LogP) is 6.20. The summed E-state index contributed by atoms with van der Waals surface area (Å²) in [4.78, 5) is 0. The van der Waals surface area contributed by atoms with Crippen molar-refractivity contribution in [2.24, 2.45) is 0 Å². The number of benzene rings is 2. The van der Waals surface area contributed by atoms with Crippen LogP contribution in [0.4, 0.5) is 4.39 Å². The van der Waals surface area contributed by atoms with E-state index in [1.54, 1.807) is 12.1 Å². The summed E-state index contributed by atoms with van der Waals surface area (Å²) in [6.07, 6.45) is 9.05. The molecule has 31 heavy (non-hydrogen) atoms. The molecular weight excluding hydrogens is 383 g/mol. The minimum Gasteiger partial charge on any atom is -0.394 e. The highest BCUT2D eigenvalue weighted by molar-refractivity contribution is 5.64. The number of rotatable bonds is 11. The average molecular weight is 417 g/mol. The fourth-order valence-corrected chi connectivity index (χ4v) is 3.19. The Morgan fingerprint density at radius 2 is 1.87 bits per heavy atom. The third-order valence-corrected chi connectivity index (χ3v) is 5.02. The van der Waals surface area contributed by atoms with E-state index in [0.717, 1.165) is 61.0 Å². The van der Waals surface area contributed by atoms with Crippen LogP contribution >= 0.6 is 0 Å². The molecule has 2 rings (SSSR count). The summed E-state index contributed by atoms with van der Waals surface area (Å²) < 4.78 is 13.1. The minimum atomic E-state index is -0.250. The molecule has 0 heterocycles. The summed E-state index contributed by atoms with van der Waals surface area (Å²) in [7, 11) is 1.89. The van der Waals surface area contributed by atoms with E-state index in [4.69, 9.17) is 0 Å². The van der Waals surface area contributed by atoms with Gasteiger partial charge in [0.05, 0.1) is 0 Å². The molecule has 2 nitrogen and oxygen atoms in total. The zero-order valence-electron chi connectivity index (χ0n) is 18.7. The van der Waals surface area contributed by atoms with Crippen molar-refractivity contribution in [2.45, 2.75) is 39.0 Å². The molecule has 0 aromatic heterocycles. The molecule has 0 saturated carbocycles. The van der Waals surface area contributed by atoms with E-state index in [1.165, 1.54) is 23.3 Å². The highest BCUT2D eigenvalue weighted by Gasteiger charge is 2.05. The first-order chi connectivity index (χ1) is 15.1. The largest absolute Gasteiger partial charge is 0.394 e. The average Bonchev–Trinajstić information content (AvgIpc) is 2.79. The molecule has 162 valence electrons. The second-order valence-corrected chi connectivity index (χ2v) is 7.45. The van der Waals surface area contributed by atoms with Gasteiger partial charge in [0.15, 0.2) is 0 Å². The Morgan fingerprint density at radius 1 is 1.10 bits per heavy atom. The lowest BCUT2D eigenvalue weighted by Gasteiger charge is -2.12. The number of hydrogen-bond donors (Lipinski definition) is 2. The Labute approximate surface area is 187 Å². The number of unbranched alkanes of at least 4 members (excludes halogenated alkanes) is 1. The number of allylic oxidation sites excluding steroid dienone is 2. The van der Waals surface area contributed by atoms with E-state index in [-0.39, 0.29) is 5.82 Å². The van der Waals surface area contributed by atoms with E-state index in [2.05, 4.69) is 60.8 Å². The molecule has 0 aliphatic heterocycles. The quantitative estimate of drug-likeness (QED) is 0.259. The molecule has 0 fully saturated rings. The van der Waals surface area contributed by atoms with E-state index < -0.39 is 0 Å². The maximum atomic E-state index is 13.1. The van der Waals surface area contributed by atoms with Gasteiger partial charge >= 0.3 is 0 Å². The van der Waals surface area contributed by atoms with Crippen LogP contribution in [-0.4, -0.2) is 13.6 Å². The zero-order valence-corrected chi connectivity index (χ0v) is 18.7. The molecule has 0 radical (unpaired) electrons. The fourth-order valence-electron chi connectivity index (χ4n) is 3.19. The molecular formula is C28H33FN2. The lowest BCUT2D eigenvalue weighted by Crippen LogP contribution is -2.13. The Hall–Kier alpha value is -3.25. The standard InChI is InChI=1S/C28H33FN2/c1-5-7-10-25-15-16-26(22(3)31-19-8-9-23(6-2)21-30-4)20-27(25)14-11-24-12-17-28(29)18-13-24/h6,12-13,15-18,20-21,30-31H,2-3,5,7-10,19H2,1,4H3/b23-21+. The molecule has 2 aromatic carbocycles. The van der Waals surface area contributed by atoms with Crippen LogP contribution in [-0.2, 0) is 6.42 Å². The zero-order chi connectivity index (χ0) is 22.5. The van der Waals surface area contributed by atoms with E-state index >= 15 is 0 Å². The SMILES string of the molecule is C=C/C(=C\NC)CCCNC(=C)c1ccc(CCCC)c(C#Cc2ccc(F)cc2)c1. The van der Waals surface area contributed by atoms with Gasteiger partial charge in [-0.25, -0.2) is 4.39 Å². The van der Waals surface area contributed by atoms with Gasteiger partial charge in [-0.3, -0.25) is 0 Å². The van der Waals surface area contributed by atoms with Crippen molar-refractivity contribution >= 4 is 5.70 Å². The van der Waals surface area contributed by atoms with Gasteiger partial charge in [0.2, 0.25) is 0 Å². The first kappa shape index (κ1) is 24.0. The fraction of sp³-hybridized carbons (Fsp3) is 0.286. The van der Waals surface area contributed by atoms with Crippen molar-refractivity contribution in [3.8, 4) is 11.8 Å². The Balaban J connectivity index is 2.11. The number of halogens is 1. The molecule has 0 aliphatic rings. The maximum absolute atomic E-state index is 13.1. The molecule has 0 atom stereocenters. The van der Waals surface area contributed by atoms with Crippen molar-refractivity contribution < 1.29 is 4.39 Å². The van der Waals surface area contributed by atoms with Crippen LogP contribution in [0.1, 0.15) is 54.9 Å². The van der Waals surface area contributed by atoms with E-state index in [9.17, 15) is 4.39 Å². The van der Waals surface area contributed by atoms with Crippen molar-refractivity contribution in [3.63, 3.8) is 0 Å². The normalized spacial score (nSPS) is 10.7. The lowest BCUT2D eigenvalue weighted by atomic mass is 9.98. The van der Waals surface area contributed by atoms with Crippen LogP contribution in [0.25, 0.3) is 5.70 Å². The molecule has 3 heteroatoms. The highest BCUT2D eigenvalue weighted by Crippen LogP contribution is 2.18. The van der Waals surface area contributed by atoms with Crippen LogP contribution in [0.15, 0.2) is 73.5 Å². The van der Waals surface area contributed by atoms with Crippen LogP contribution < -0.4 is 10.6 Å². The summed E-state index contributed by atoms with van der Waals surface area (Å²) in [5, 5.41) is 6.47. The molecule has 0 bridgehead atoms. The number of nitrogens with one attached hydrogen (secondary N) is 2. The second kappa shape index (κ2) is 13.1. The highest BCUT2D eigenvalue weighted by atomic mass is 19.1. The third-order valence-electron chi connectivity index (χ3n) is 5.02. The van der Waals surface area contributed by atoms with Gasteiger partial charge < -0.3 is 10.6 Å². The Bertz CT molecular complexity index is 959. The molecule has 0 unspecified atom stereocenters. The van der Waals surface area contributed by atoms with Gasteiger partial charge in [-0.1, -0.05) is 56.6 Å². The van der Waals surface area contributed by atoms with E-state index in [0.29, 0.717) is 0 Å². The van der Waals surface area contributed by atoms with Gasteiger partial charge in [0.25, 0.3) is 0 Å². The first-order valence-electron chi connectivity index (χ1n) is 10.9. The number of hydrogen-bond acceptors (Lipinski definition) is 2. The summed E-state index contributed by atoms with van der Waals surface area (Å²) in [5.41, 5.74) is 6.17. The van der Waals surface area contributed by atoms with Crippen molar-refractivity contribution in [1.82, 2.24) is 10.6 Å². The van der Waals surface area contributed by atoms with Gasteiger partial charge in [-0.05, 0) is 78.9 Å². The molecule has 0 amide bonds. The summed E-state index contributed by atoms with van der Waals surface area (Å²) in [6, 6.07) is 12.7. The first-order valence-corrected chi connectivity index (χ1v) is 10.9. The maximum Gasteiger partial charge on any atom is 0.123 e. The van der Waals surface area contributed by atoms with Crippen LogP contribution in [0, 0.1) is 17.7 Å². The second-order valence-electron chi connectivity index (χ2n) is 7.45. The van der Waals surface area contributed by atoms with Crippen LogP contribution in [0.5, 0.6) is 0 Å². The van der Waals surface area contributed by atoms with Gasteiger partial charge in [0, 0.05) is 30.4 Å². The van der Waals surface area contributed by atoms with Crippen molar-refractivity contribution in [2.75, 3.05) is 13.6 Å². The molecule has 0 spiro atoms.